The van der Waals surface area contributed by atoms with Gasteiger partial charge in [-0.05, 0) is 60.6 Å². The van der Waals surface area contributed by atoms with Crippen molar-refractivity contribution < 1.29 is 0 Å². The van der Waals surface area contributed by atoms with Crippen LogP contribution in [0.15, 0.2) is 18.2 Å². The summed E-state index contributed by atoms with van der Waals surface area (Å²) in [7, 11) is 0. The molecular formula is C20H29Cl. The molecule has 1 atom stereocenters. The first-order valence-corrected chi connectivity index (χ1v) is 9.47. The normalized spacial score (nSPS) is 26.6. The fourth-order valence-corrected chi connectivity index (χ4v) is 4.69. The molecule has 0 aliphatic heterocycles. The van der Waals surface area contributed by atoms with Gasteiger partial charge in [-0.15, -0.1) is 11.6 Å². The predicted octanol–water partition coefficient (Wildman–Crippen LogP) is 6.45. The minimum Gasteiger partial charge on any atom is -0.118 e. The van der Waals surface area contributed by atoms with Crippen molar-refractivity contribution in [3.8, 4) is 0 Å². The van der Waals surface area contributed by atoms with Crippen LogP contribution >= 0.6 is 11.6 Å². The Kier molecular flexibility index (Phi) is 5.27. The molecule has 1 fully saturated rings. The lowest BCUT2D eigenvalue weighted by molar-refractivity contribution is 0.254. The quantitative estimate of drug-likeness (QED) is 0.548. The van der Waals surface area contributed by atoms with Crippen LogP contribution in [0.1, 0.15) is 80.4 Å². The maximum Gasteiger partial charge on any atom is 0.0613 e. The van der Waals surface area contributed by atoms with E-state index in [0.29, 0.717) is 5.92 Å². The van der Waals surface area contributed by atoms with Crippen LogP contribution in [0.3, 0.4) is 0 Å². The summed E-state index contributed by atoms with van der Waals surface area (Å²) in [6.45, 7) is 2.30. The highest BCUT2D eigenvalue weighted by Crippen LogP contribution is 2.42. The maximum atomic E-state index is 6.84. The number of hydrogen-bond donors (Lipinski definition) is 0. The molecule has 3 rings (SSSR count). The zero-order valence-electron chi connectivity index (χ0n) is 13.4. The number of alkyl halides is 1. The number of unbranched alkanes of at least 4 members (excludes halogenated alkanes) is 1. The molecule has 0 N–H and O–H groups in total. The Morgan fingerprint density at radius 2 is 1.86 bits per heavy atom. The minimum atomic E-state index is 0.239. The Morgan fingerprint density at radius 3 is 2.62 bits per heavy atom. The number of fused-ring (bicyclic) bond motifs is 1. The number of halogens is 1. The molecule has 0 amide bonds. The highest BCUT2D eigenvalue weighted by Gasteiger charge is 2.27. The summed E-state index contributed by atoms with van der Waals surface area (Å²) in [6, 6.07) is 7.04. The number of hydrogen-bond acceptors (Lipinski definition) is 0. The van der Waals surface area contributed by atoms with E-state index >= 15 is 0 Å². The molecule has 0 nitrogen and oxygen atoms in total. The standard InChI is InChI=1S/C20H29Cl/c1-2-3-5-15-8-10-17(11-9-15)20(21)19-13-12-16-6-4-7-18(16)14-19/h12-15,17,20H,2-11H2,1H3. The van der Waals surface area contributed by atoms with Gasteiger partial charge in [-0.1, -0.05) is 57.2 Å². The van der Waals surface area contributed by atoms with Gasteiger partial charge in [0.05, 0.1) is 5.38 Å². The molecule has 0 aromatic heterocycles. The van der Waals surface area contributed by atoms with Gasteiger partial charge < -0.3 is 0 Å². The molecule has 1 unspecified atom stereocenters. The number of aryl methyl sites for hydroxylation is 2. The van der Waals surface area contributed by atoms with E-state index in [0.717, 1.165) is 5.92 Å². The average molecular weight is 305 g/mol. The second kappa shape index (κ2) is 7.18. The summed E-state index contributed by atoms with van der Waals surface area (Å²) in [6.07, 6.45) is 13.5. The third-order valence-electron chi connectivity index (χ3n) is 5.71. The molecule has 0 heterocycles. The Hall–Kier alpha value is -0.490. The minimum absolute atomic E-state index is 0.239. The van der Waals surface area contributed by atoms with Crippen LogP contribution < -0.4 is 0 Å². The lowest BCUT2D eigenvalue weighted by Crippen LogP contribution is -2.18. The van der Waals surface area contributed by atoms with E-state index in [9.17, 15) is 0 Å². The van der Waals surface area contributed by atoms with Crippen molar-refractivity contribution >= 4 is 11.6 Å². The van der Waals surface area contributed by atoms with Crippen molar-refractivity contribution in [3.63, 3.8) is 0 Å². The Balaban J connectivity index is 1.57. The van der Waals surface area contributed by atoms with Gasteiger partial charge in [0.2, 0.25) is 0 Å². The van der Waals surface area contributed by atoms with Crippen molar-refractivity contribution in [2.24, 2.45) is 11.8 Å². The van der Waals surface area contributed by atoms with Crippen LogP contribution in [0.5, 0.6) is 0 Å². The third kappa shape index (κ3) is 3.65. The number of benzene rings is 1. The van der Waals surface area contributed by atoms with Gasteiger partial charge in [0.25, 0.3) is 0 Å². The zero-order valence-corrected chi connectivity index (χ0v) is 14.2. The smallest absolute Gasteiger partial charge is 0.0613 e. The first kappa shape index (κ1) is 15.4. The molecule has 21 heavy (non-hydrogen) atoms. The third-order valence-corrected chi connectivity index (χ3v) is 6.32. The van der Waals surface area contributed by atoms with Crippen LogP contribution in [0, 0.1) is 11.8 Å². The predicted molar refractivity (Wildman–Crippen MR) is 92.0 cm³/mol. The van der Waals surface area contributed by atoms with Gasteiger partial charge in [0.15, 0.2) is 0 Å². The van der Waals surface area contributed by atoms with Crippen molar-refractivity contribution in [3.05, 3.63) is 34.9 Å². The monoisotopic (exact) mass is 304 g/mol. The Labute approximate surface area is 135 Å². The van der Waals surface area contributed by atoms with E-state index in [1.807, 2.05) is 0 Å². The summed E-state index contributed by atoms with van der Waals surface area (Å²) >= 11 is 6.84. The summed E-state index contributed by atoms with van der Waals surface area (Å²) in [5, 5.41) is 0.239. The van der Waals surface area contributed by atoms with E-state index < -0.39 is 0 Å². The second-order valence-electron chi connectivity index (χ2n) is 7.21. The van der Waals surface area contributed by atoms with Crippen LogP contribution in [0.25, 0.3) is 0 Å². The Morgan fingerprint density at radius 1 is 1.10 bits per heavy atom. The van der Waals surface area contributed by atoms with E-state index in [4.69, 9.17) is 11.6 Å². The van der Waals surface area contributed by atoms with Crippen LogP contribution in [0.4, 0.5) is 0 Å². The fourth-order valence-electron chi connectivity index (χ4n) is 4.30. The zero-order chi connectivity index (χ0) is 14.7. The number of rotatable bonds is 5. The van der Waals surface area contributed by atoms with Crippen molar-refractivity contribution in [2.75, 3.05) is 0 Å². The van der Waals surface area contributed by atoms with Crippen LogP contribution in [0.2, 0.25) is 0 Å². The topological polar surface area (TPSA) is 0 Å². The summed E-state index contributed by atoms with van der Waals surface area (Å²) in [4.78, 5) is 0. The van der Waals surface area contributed by atoms with Crippen LogP contribution in [-0.4, -0.2) is 0 Å². The van der Waals surface area contributed by atoms with Gasteiger partial charge >= 0.3 is 0 Å². The van der Waals surface area contributed by atoms with Gasteiger partial charge in [-0.2, -0.15) is 0 Å². The molecule has 1 heteroatoms. The van der Waals surface area contributed by atoms with E-state index in [-0.39, 0.29) is 5.38 Å². The summed E-state index contributed by atoms with van der Waals surface area (Å²) < 4.78 is 0. The first-order valence-electron chi connectivity index (χ1n) is 9.03. The average Bonchev–Trinajstić information content (AvgIpc) is 3.00. The fraction of sp³-hybridized carbons (Fsp3) is 0.700. The second-order valence-corrected chi connectivity index (χ2v) is 7.68. The molecule has 0 saturated heterocycles. The highest BCUT2D eigenvalue weighted by molar-refractivity contribution is 6.21. The van der Waals surface area contributed by atoms with Crippen molar-refractivity contribution in [2.45, 2.75) is 76.5 Å². The molecule has 1 aromatic carbocycles. The molecule has 0 bridgehead atoms. The van der Waals surface area contributed by atoms with E-state index in [2.05, 4.69) is 25.1 Å². The van der Waals surface area contributed by atoms with Crippen molar-refractivity contribution in [1.82, 2.24) is 0 Å². The molecular weight excluding hydrogens is 276 g/mol. The maximum absolute atomic E-state index is 6.84. The molecule has 2 aliphatic carbocycles. The van der Waals surface area contributed by atoms with Crippen molar-refractivity contribution in [1.29, 1.82) is 0 Å². The molecule has 0 spiro atoms. The summed E-state index contributed by atoms with van der Waals surface area (Å²) in [5.41, 5.74) is 4.51. The highest BCUT2D eigenvalue weighted by atomic mass is 35.5. The lowest BCUT2D eigenvalue weighted by atomic mass is 9.77. The SMILES string of the molecule is CCCCC1CCC(C(Cl)c2ccc3c(c2)CCC3)CC1. The molecule has 1 aromatic rings. The molecule has 0 radical (unpaired) electrons. The van der Waals surface area contributed by atoms with Gasteiger partial charge in [-0.3, -0.25) is 0 Å². The van der Waals surface area contributed by atoms with Gasteiger partial charge in [0.1, 0.15) is 0 Å². The van der Waals surface area contributed by atoms with Crippen LogP contribution in [-0.2, 0) is 12.8 Å². The summed E-state index contributed by atoms with van der Waals surface area (Å²) in [5.74, 6) is 1.68. The Bertz CT molecular complexity index is 457. The molecule has 116 valence electrons. The lowest BCUT2D eigenvalue weighted by Gasteiger charge is -2.31. The van der Waals surface area contributed by atoms with E-state index in [1.165, 1.54) is 69.8 Å². The molecule has 2 aliphatic rings. The van der Waals surface area contributed by atoms with E-state index in [1.54, 1.807) is 11.1 Å². The molecule has 1 saturated carbocycles. The van der Waals surface area contributed by atoms with Gasteiger partial charge in [-0.25, -0.2) is 0 Å². The van der Waals surface area contributed by atoms with Gasteiger partial charge in [0, 0.05) is 0 Å². The first-order chi connectivity index (χ1) is 10.3. The largest absolute Gasteiger partial charge is 0.118 e.